The van der Waals surface area contributed by atoms with Crippen LogP contribution < -0.4 is 24.8 Å². The number of carbonyl (C=O) groups excluding carboxylic acids is 2. The van der Waals surface area contributed by atoms with Crippen LogP contribution in [-0.4, -0.2) is 44.2 Å². The summed E-state index contributed by atoms with van der Waals surface area (Å²) in [6.07, 6.45) is 0. The molecule has 8 nitrogen and oxygen atoms in total. The summed E-state index contributed by atoms with van der Waals surface area (Å²) in [7, 11) is 3.16. The van der Waals surface area contributed by atoms with Crippen molar-refractivity contribution >= 4 is 28.3 Å². The van der Waals surface area contributed by atoms with Crippen LogP contribution in [-0.2, 0) is 4.79 Å². The Morgan fingerprint density at radius 1 is 1.06 bits per heavy atom. The SMILES string of the molecule is CCOc1ccccc1C(=O)NCC(=O)Nc1nc(-c2cc(OC)ccc2OC)cs1. The van der Waals surface area contributed by atoms with E-state index < -0.39 is 0 Å². The Morgan fingerprint density at radius 3 is 2.61 bits per heavy atom. The van der Waals surface area contributed by atoms with Crippen molar-refractivity contribution in [2.75, 3.05) is 32.7 Å². The lowest BCUT2D eigenvalue weighted by Gasteiger charge is -2.10. The molecular formula is C22H23N3O5S. The van der Waals surface area contributed by atoms with Crippen LogP contribution in [0, 0.1) is 0 Å². The third kappa shape index (κ3) is 5.52. The summed E-state index contributed by atoms with van der Waals surface area (Å²) in [6.45, 7) is 2.08. The molecule has 162 valence electrons. The van der Waals surface area contributed by atoms with Gasteiger partial charge in [0.15, 0.2) is 5.13 Å². The maximum Gasteiger partial charge on any atom is 0.255 e. The molecule has 9 heteroatoms. The monoisotopic (exact) mass is 441 g/mol. The molecule has 0 bridgehead atoms. The number of para-hydroxylation sites is 1. The number of nitrogens with one attached hydrogen (secondary N) is 2. The zero-order valence-corrected chi connectivity index (χ0v) is 18.2. The number of ether oxygens (including phenoxy) is 3. The second-order valence-electron chi connectivity index (χ2n) is 6.26. The molecule has 0 aliphatic carbocycles. The first kappa shape index (κ1) is 22.1. The molecule has 2 N–H and O–H groups in total. The molecule has 0 spiro atoms. The van der Waals surface area contributed by atoms with Crippen LogP contribution in [0.25, 0.3) is 11.3 Å². The molecule has 0 atom stereocenters. The Kier molecular flexibility index (Phi) is 7.45. The molecule has 31 heavy (non-hydrogen) atoms. The van der Waals surface area contributed by atoms with Gasteiger partial charge in [-0.15, -0.1) is 11.3 Å². The summed E-state index contributed by atoms with van der Waals surface area (Å²) in [4.78, 5) is 29.1. The molecule has 1 heterocycles. The fourth-order valence-electron chi connectivity index (χ4n) is 2.82. The van der Waals surface area contributed by atoms with Crippen molar-refractivity contribution in [1.82, 2.24) is 10.3 Å². The van der Waals surface area contributed by atoms with E-state index in [4.69, 9.17) is 14.2 Å². The Morgan fingerprint density at radius 2 is 1.87 bits per heavy atom. The van der Waals surface area contributed by atoms with Gasteiger partial charge in [-0.25, -0.2) is 4.98 Å². The minimum Gasteiger partial charge on any atom is -0.497 e. The Hall–Kier alpha value is -3.59. The number of benzene rings is 2. The van der Waals surface area contributed by atoms with Crippen LogP contribution >= 0.6 is 11.3 Å². The highest BCUT2D eigenvalue weighted by atomic mass is 32.1. The minimum atomic E-state index is -0.389. The molecule has 3 aromatic rings. The largest absolute Gasteiger partial charge is 0.497 e. The molecule has 0 aliphatic rings. The lowest BCUT2D eigenvalue weighted by atomic mass is 10.1. The van der Waals surface area contributed by atoms with E-state index in [1.165, 1.54) is 11.3 Å². The van der Waals surface area contributed by atoms with Crippen LogP contribution in [0.15, 0.2) is 47.8 Å². The normalized spacial score (nSPS) is 10.3. The molecule has 0 fully saturated rings. The number of thiazole rings is 1. The summed E-state index contributed by atoms with van der Waals surface area (Å²) in [5.74, 6) is 1.01. The lowest BCUT2D eigenvalue weighted by Crippen LogP contribution is -2.33. The highest BCUT2D eigenvalue weighted by Gasteiger charge is 2.15. The molecule has 2 amide bonds. The van der Waals surface area contributed by atoms with Gasteiger partial charge in [-0.05, 0) is 37.3 Å². The number of anilines is 1. The van der Waals surface area contributed by atoms with Gasteiger partial charge in [-0.1, -0.05) is 12.1 Å². The Balaban J connectivity index is 1.63. The average Bonchev–Trinajstić information content (AvgIpc) is 3.25. The number of carbonyl (C=O) groups is 2. The van der Waals surface area contributed by atoms with E-state index >= 15 is 0 Å². The molecule has 2 aromatic carbocycles. The Bertz CT molecular complexity index is 1070. The number of nitrogens with zero attached hydrogens (tertiary/aromatic N) is 1. The summed E-state index contributed by atoms with van der Waals surface area (Å²) in [6, 6.07) is 12.3. The number of hydrogen-bond acceptors (Lipinski definition) is 7. The smallest absolute Gasteiger partial charge is 0.255 e. The third-order valence-electron chi connectivity index (χ3n) is 4.27. The average molecular weight is 442 g/mol. The second-order valence-corrected chi connectivity index (χ2v) is 7.12. The first-order chi connectivity index (χ1) is 15.0. The molecule has 0 radical (unpaired) electrons. The number of amides is 2. The van der Waals surface area contributed by atoms with Crippen molar-refractivity contribution in [3.63, 3.8) is 0 Å². The zero-order chi connectivity index (χ0) is 22.2. The first-order valence-electron chi connectivity index (χ1n) is 9.53. The number of hydrogen-bond donors (Lipinski definition) is 2. The van der Waals surface area contributed by atoms with Crippen molar-refractivity contribution < 1.29 is 23.8 Å². The van der Waals surface area contributed by atoms with Gasteiger partial charge in [-0.3, -0.25) is 9.59 Å². The van der Waals surface area contributed by atoms with E-state index in [9.17, 15) is 9.59 Å². The van der Waals surface area contributed by atoms with Gasteiger partial charge in [0.25, 0.3) is 5.91 Å². The van der Waals surface area contributed by atoms with Crippen LogP contribution in [0.1, 0.15) is 17.3 Å². The topological polar surface area (TPSA) is 98.8 Å². The highest BCUT2D eigenvalue weighted by Crippen LogP contribution is 2.35. The molecular weight excluding hydrogens is 418 g/mol. The van der Waals surface area contributed by atoms with E-state index in [0.29, 0.717) is 40.2 Å². The van der Waals surface area contributed by atoms with Crippen molar-refractivity contribution in [2.45, 2.75) is 6.92 Å². The van der Waals surface area contributed by atoms with Gasteiger partial charge < -0.3 is 24.8 Å². The maximum absolute atomic E-state index is 12.4. The van der Waals surface area contributed by atoms with Gasteiger partial charge in [0.05, 0.1) is 38.6 Å². The summed E-state index contributed by atoms with van der Waals surface area (Å²) in [5, 5.41) is 7.51. The predicted molar refractivity (Wildman–Crippen MR) is 119 cm³/mol. The van der Waals surface area contributed by atoms with Crippen molar-refractivity contribution in [3.8, 4) is 28.5 Å². The van der Waals surface area contributed by atoms with Gasteiger partial charge in [0.2, 0.25) is 5.91 Å². The van der Waals surface area contributed by atoms with E-state index in [1.807, 2.05) is 18.4 Å². The summed E-state index contributed by atoms with van der Waals surface area (Å²) in [5.41, 5.74) is 1.77. The molecule has 3 rings (SSSR count). The number of rotatable bonds is 9. The standard InChI is InChI=1S/C22H23N3O5S/c1-4-30-19-8-6-5-7-15(19)21(27)23-12-20(26)25-22-24-17(13-31-22)16-11-14(28-2)9-10-18(16)29-3/h5-11,13H,4,12H2,1-3H3,(H,23,27)(H,24,25,26). The van der Waals surface area contributed by atoms with Crippen molar-refractivity contribution in [3.05, 3.63) is 53.4 Å². The first-order valence-corrected chi connectivity index (χ1v) is 10.4. The van der Waals surface area contributed by atoms with E-state index in [0.717, 1.165) is 5.56 Å². The lowest BCUT2D eigenvalue weighted by molar-refractivity contribution is -0.115. The fraction of sp³-hybridized carbons (Fsp3) is 0.227. The Labute approximate surface area is 184 Å². The van der Waals surface area contributed by atoms with E-state index in [1.54, 1.807) is 50.6 Å². The van der Waals surface area contributed by atoms with Crippen molar-refractivity contribution in [2.24, 2.45) is 0 Å². The van der Waals surface area contributed by atoms with Crippen LogP contribution in [0.5, 0.6) is 17.2 Å². The third-order valence-corrected chi connectivity index (χ3v) is 5.03. The molecule has 0 aliphatic heterocycles. The minimum absolute atomic E-state index is 0.198. The van der Waals surface area contributed by atoms with Crippen LogP contribution in [0.3, 0.4) is 0 Å². The van der Waals surface area contributed by atoms with E-state index in [2.05, 4.69) is 15.6 Å². The quantitative estimate of drug-likeness (QED) is 0.527. The highest BCUT2D eigenvalue weighted by molar-refractivity contribution is 7.14. The molecule has 0 unspecified atom stereocenters. The van der Waals surface area contributed by atoms with Gasteiger partial charge in [0, 0.05) is 10.9 Å². The molecule has 1 aromatic heterocycles. The van der Waals surface area contributed by atoms with Gasteiger partial charge >= 0.3 is 0 Å². The van der Waals surface area contributed by atoms with E-state index in [-0.39, 0.29) is 18.4 Å². The zero-order valence-electron chi connectivity index (χ0n) is 17.4. The number of methoxy groups -OCH3 is 2. The molecule has 0 saturated carbocycles. The second kappa shape index (κ2) is 10.4. The predicted octanol–water partition coefficient (Wildman–Crippen LogP) is 3.59. The molecule has 0 saturated heterocycles. The summed E-state index contributed by atoms with van der Waals surface area (Å²) < 4.78 is 16.1. The van der Waals surface area contributed by atoms with Gasteiger partial charge in [0.1, 0.15) is 17.2 Å². The van der Waals surface area contributed by atoms with Gasteiger partial charge in [-0.2, -0.15) is 0 Å². The summed E-state index contributed by atoms with van der Waals surface area (Å²) >= 11 is 1.27. The van der Waals surface area contributed by atoms with Crippen LogP contribution in [0.2, 0.25) is 0 Å². The number of aromatic nitrogens is 1. The van der Waals surface area contributed by atoms with Crippen LogP contribution in [0.4, 0.5) is 5.13 Å². The fourth-order valence-corrected chi connectivity index (χ4v) is 3.55. The van der Waals surface area contributed by atoms with Crippen molar-refractivity contribution in [1.29, 1.82) is 0 Å². The maximum atomic E-state index is 12.4.